The van der Waals surface area contributed by atoms with Crippen molar-refractivity contribution in [1.82, 2.24) is 19.9 Å². The van der Waals surface area contributed by atoms with Crippen LogP contribution in [0.25, 0.3) is 33.1 Å². The quantitative estimate of drug-likeness (QED) is 0.531. The Hall–Kier alpha value is -3.15. The van der Waals surface area contributed by atoms with Crippen LogP contribution in [0.1, 0.15) is 32.1 Å². The summed E-state index contributed by atoms with van der Waals surface area (Å²) in [5.74, 6) is 1.54. The second-order valence-electron chi connectivity index (χ2n) is 7.37. The van der Waals surface area contributed by atoms with Gasteiger partial charge in [0.15, 0.2) is 0 Å². The zero-order chi connectivity index (χ0) is 18.9. The molecular weight excluding hydrogens is 350 g/mol. The third-order valence-corrected chi connectivity index (χ3v) is 5.61. The zero-order valence-electron chi connectivity index (χ0n) is 15.9. The molecule has 1 aliphatic carbocycles. The molecule has 0 spiro atoms. The average molecular weight is 373 g/mol. The van der Waals surface area contributed by atoms with E-state index >= 15 is 0 Å². The van der Waals surface area contributed by atoms with Crippen molar-refractivity contribution in [1.29, 1.82) is 0 Å². The number of benzene rings is 1. The number of rotatable bonds is 4. The minimum atomic E-state index is 0.485. The molecule has 3 aromatic heterocycles. The molecule has 6 heteroatoms. The van der Waals surface area contributed by atoms with Gasteiger partial charge in [0.1, 0.15) is 17.8 Å². The number of H-pyrrole nitrogens is 1. The number of nitrogens with one attached hydrogen (secondary N) is 2. The third-order valence-electron chi connectivity index (χ3n) is 5.61. The molecule has 0 radical (unpaired) electrons. The van der Waals surface area contributed by atoms with Crippen LogP contribution in [0.15, 0.2) is 42.9 Å². The van der Waals surface area contributed by atoms with Gasteiger partial charge in [0.25, 0.3) is 0 Å². The first-order valence-electron chi connectivity index (χ1n) is 9.86. The van der Waals surface area contributed by atoms with E-state index in [2.05, 4.69) is 43.5 Å². The van der Waals surface area contributed by atoms with Gasteiger partial charge in [-0.3, -0.25) is 0 Å². The van der Waals surface area contributed by atoms with Crippen LogP contribution in [0.5, 0.6) is 5.88 Å². The first kappa shape index (κ1) is 17.0. The lowest BCUT2D eigenvalue weighted by molar-refractivity contribution is 0.399. The van der Waals surface area contributed by atoms with Crippen molar-refractivity contribution in [3.05, 3.63) is 42.9 Å². The minimum absolute atomic E-state index is 0.485. The highest BCUT2D eigenvalue weighted by molar-refractivity contribution is 6.12. The Bertz CT molecular complexity index is 1130. The highest BCUT2D eigenvalue weighted by Crippen LogP contribution is 2.35. The summed E-state index contributed by atoms with van der Waals surface area (Å²) < 4.78 is 5.45. The fraction of sp³-hybridized carbons (Fsp3) is 0.318. The van der Waals surface area contributed by atoms with Crippen molar-refractivity contribution in [2.75, 3.05) is 12.4 Å². The summed E-state index contributed by atoms with van der Waals surface area (Å²) >= 11 is 0. The van der Waals surface area contributed by atoms with E-state index in [0.29, 0.717) is 11.9 Å². The molecule has 0 amide bonds. The molecule has 1 fully saturated rings. The first-order chi connectivity index (χ1) is 13.8. The van der Waals surface area contributed by atoms with E-state index in [0.717, 1.165) is 38.9 Å². The van der Waals surface area contributed by atoms with Crippen LogP contribution < -0.4 is 10.1 Å². The summed E-state index contributed by atoms with van der Waals surface area (Å²) in [6.07, 6.45) is 9.68. The van der Waals surface area contributed by atoms with E-state index < -0.39 is 0 Å². The molecule has 3 heterocycles. The van der Waals surface area contributed by atoms with Gasteiger partial charge in [-0.2, -0.15) is 0 Å². The summed E-state index contributed by atoms with van der Waals surface area (Å²) in [6, 6.07) is 10.8. The van der Waals surface area contributed by atoms with Gasteiger partial charge in [-0.25, -0.2) is 15.0 Å². The van der Waals surface area contributed by atoms with Gasteiger partial charge in [0.05, 0.1) is 12.5 Å². The zero-order valence-corrected chi connectivity index (χ0v) is 15.9. The number of ether oxygens (including phenoxy) is 1. The summed E-state index contributed by atoms with van der Waals surface area (Å²) in [5.41, 5.74) is 3.94. The largest absolute Gasteiger partial charge is 0.481 e. The fourth-order valence-corrected chi connectivity index (χ4v) is 4.21. The van der Waals surface area contributed by atoms with Gasteiger partial charge >= 0.3 is 0 Å². The molecule has 6 nitrogen and oxygen atoms in total. The molecule has 142 valence electrons. The van der Waals surface area contributed by atoms with Gasteiger partial charge in [-0.1, -0.05) is 25.3 Å². The van der Waals surface area contributed by atoms with Crippen LogP contribution in [-0.4, -0.2) is 33.1 Å². The van der Waals surface area contributed by atoms with Crippen LogP contribution in [0.2, 0.25) is 0 Å². The summed E-state index contributed by atoms with van der Waals surface area (Å²) in [4.78, 5) is 16.8. The minimum Gasteiger partial charge on any atom is -0.481 e. The number of nitrogens with zero attached hydrogens (tertiary/aromatic N) is 3. The number of methoxy groups -OCH3 is 1. The molecule has 1 aromatic carbocycles. The van der Waals surface area contributed by atoms with Gasteiger partial charge in [0.2, 0.25) is 5.88 Å². The molecule has 1 saturated carbocycles. The van der Waals surface area contributed by atoms with E-state index in [1.54, 1.807) is 19.6 Å². The second-order valence-corrected chi connectivity index (χ2v) is 7.37. The van der Waals surface area contributed by atoms with Crippen molar-refractivity contribution in [3.63, 3.8) is 0 Å². The Balaban J connectivity index is 1.64. The molecule has 0 bridgehead atoms. The topological polar surface area (TPSA) is 75.7 Å². The van der Waals surface area contributed by atoms with Crippen molar-refractivity contribution >= 4 is 27.8 Å². The number of aromatic amines is 1. The van der Waals surface area contributed by atoms with Crippen LogP contribution >= 0.6 is 0 Å². The molecule has 2 N–H and O–H groups in total. The first-order valence-corrected chi connectivity index (χ1v) is 9.86. The lowest BCUT2D eigenvalue weighted by atomic mass is 9.95. The van der Waals surface area contributed by atoms with Crippen LogP contribution in [-0.2, 0) is 0 Å². The predicted octanol–water partition coefficient (Wildman–Crippen LogP) is 4.93. The van der Waals surface area contributed by atoms with Gasteiger partial charge in [-0.05, 0) is 42.7 Å². The lowest BCUT2D eigenvalue weighted by Gasteiger charge is -2.23. The van der Waals surface area contributed by atoms with Gasteiger partial charge in [-0.15, -0.1) is 0 Å². The lowest BCUT2D eigenvalue weighted by Crippen LogP contribution is -2.22. The van der Waals surface area contributed by atoms with Crippen LogP contribution in [0.4, 0.5) is 5.82 Å². The molecule has 5 rings (SSSR count). The SMILES string of the molecule is COc1ncccc1-c1ccc2[nH]c3ncnc(NC4CCCCC4)c3c2c1. The van der Waals surface area contributed by atoms with Gasteiger partial charge in [0, 0.05) is 28.7 Å². The Morgan fingerprint density at radius 3 is 2.82 bits per heavy atom. The smallest absolute Gasteiger partial charge is 0.221 e. The molecule has 1 aliphatic rings. The third kappa shape index (κ3) is 2.95. The van der Waals surface area contributed by atoms with Gasteiger partial charge < -0.3 is 15.0 Å². The number of pyridine rings is 1. The summed E-state index contributed by atoms with van der Waals surface area (Å²) in [6.45, 7) is 0. The molecular formula is C22H23N5O. The van der Waals surface area contributed by atoms with Crippen molar-refractivity contribution in [2.24, 2.45) is 0 Å². The molecule has 4 aromatic rings. The highest BCUT2D eigenvalue weighted by atomic mass is 16.5. The number of fused-ring (bicyclic) bond motifs is 3. The Labute approximate surface area is 163 Å². The predicted molar refractivity (Wildman–Crippen MR) is 112 cm³/mol. The standard InChI is InChI=1S/C22H23N5O/c1-28-22-16(8-5-11-23-22)14-9-10-18-17(12-14)19-20(24-13-25-21(19)27-18)26-15-6-3-2-4-7-15/h5,8-13,15H,2-4,6-7H2,1H3,(H2,24,25,26,27). The molecule has 0 unspecified atom stereocenters. The molecule has 0 atom stereocenters. The fourth-order valence-electron chi connectivity index (χ4n) is 4.21. The number of anilines is 1. The van der Waals surface area contributed by atoms with E-state index in [-0.39, 0.29) is 0 Å². The van der Waals surface area contributed by atoms with Crippen molar-refractivity contribution in [3.8, 4) is 17.0 Å². The van der Waals surface area contributed by atoms with Crippen LogP contribution in [0.3, 0.4) is 0 Å². The maximum Gasteiger partial charge on any atom is 0.221 e. The number of aromatic nitrogens is 4. The summed E-state index contributed by atoms with van der Waals surface area (Å²) in [5, 5.41) is 5.83. The normalized spacial score (nSPS) is 15.2. The summed E-state index contributed by atoms with van der Waals surface area (Å²) in [7, 11) is 1.65. The molecule has 0 saturated heterocycles. The Morgan fingerprint density at radius 1 is 1.07 bits per heavy atom. The molecule has 0 aliphatic heterocycles. The maximum atomic E-state index is 5.45. The molecule has 28 heavy (non-hydrogen) atoms. The Morgan fingerprint density at radius 2 is 1.96 bits per heavy atom. The monoisotopic (exact) mass is 373 g/mol. The second kappa shape index (κ2) is 7.11. The average Bonchev–Trinajstić information content (AvgIpc) is 3.13. The number of hydrogen-bond donors (Lipinski definition) is 2. The maximum absolute atomic E-state index is 5.45. The Kier molecular flexibility index (Phi) is 4.31. The van der Waals surface area contributed by atoms with E-state index in [9.17, 15) is 0 Å². The van der Waals surface area contributed by atoms with E-state index in [4.69, 9.17) is 4.74 Å². The van der Waals surface area contributed by atoms with E-state index in [1.165, 1.54) is 32.1 Å². The number of hydrogen-bond acceptors (Lipinski definition) is 5. The highest BCUT2D eigenvalue weighted by Gasteiger charge is 2.18. The van der Waals surface area contributed by atoms with Crippen LogP contribution in [0, 0.1) is 0 Å². The van der Waals surface area contributed by atoms with Crippen molar-refractivity contribution in [2.45, 2.75) is 38.1 Å². The van der Waals surface area contributed by atoms with E-state index in [1.807, 2.05) is 12.1 Å². The van der Waals surface area contributed by atoms with Crippen molar-refractivity contribution < 1.29 is 4.74 Å².